The second-order valence-corrected chi connectivity index (χ2v) is 8.17. The Balaban J connectivity index is 2.05. The first-order chi connectivity index (χ1) is 13.5. The molecule has 1 N–H and O–H groups in total. The zero-order valence-electron chi connectivity index (χ0n) is 15.8. The van der Waals surface area contributed by atoms with Crippen LogP contribution in [-0.2, 0) is 4.79 Å². The number of hydrogen-bond donors (Lipinski definition) is 1. The standard InChI is InChI=1S/C20H21BrN4O2S/c1-4-27-17-11-9-16(10-12-17)25-18(14-5-7-15(21)8-6-14)23-24-20(25)28-13(2)19(26)22-3/h5-13H,4H2,1-3H3,(H,22,26)/t13-/m0/s1. The van der Waals surface area contributed by atoms with Gasteiger partial charge in [-0.05, 0) is 50.2 Å². The Morgan fingerprint density at radius 1 is 1.18 bits per heavy atom. The summed E-state index contributed by atoms with van der Waals surface area (Å²) in [6.07, 6.45) is 0. The normalized spacial score (nSPS) is 11.9. The van der Waals surface area contributed by atoms with Crippen LogP contribution in [0.4, 0.5) is 0 Å². The minimum Gasteiger partial charge on any atom is -0.494 e. The van der Waals surface area contributed by atoms with E-state index in [1.807, 2.05) is 66.9 Å². The van der Waals surface area contributed by atoms with Crippen LogP contribution in [0.25, 0.3) is 17.1 Å². The zero-order chi connectivity index (χ0) is 20.1. The average Bonchev–Trinajstić information content (AvgIpc) is 3.12. The van der Waals surface area contributed by atoms with E-state index in [2.05, 4.69) is 31.4 Å². The second kappa shape index (κ2) is 9.25. The maximum absolute atomic E-state index is 12.0. The predicted octanol–water partition coefficient (Wildman–Crippen LogP) is 4.32. The van der Waals surface area contributed by atoms with Gasteiger partial charge in [0.05, 0.1) is 11.9 Å². The topological polar surface area (TPSA) is 69.0 Å². The molecule has 3 aromatic rings. The number of amides is 1. The zero-order valence-corrected chi connectivity index (χ0v) is 18.3. The minimum absolute atomic E-state index is 0.0589. The van der Waals surface area contributed by atoms with Crippen LogP contribution in [0.5, 0.6) is 5.75 Å². The van der Waals surface area contributed by atoms with Gasteiger partial charge in [0.15, 0.2) is 11.0 Å². The Labute approximate surface area is 176 Å². The Hall–Kier alpha value is -2.32. The Kier molecular flexibility index (Phi) is 6.74. The number of carbonyl (C=O) groups excluding carboxylic acids is 1. The van der Waals surface area contributed by atoms with Crippen molar-refractivity contribution in [1.82, 2.24) is 20.1 Å². The van der Waals surface area contributed by atoms with Gasteiger partial charge in [0, 0.05) is 22.8 Å². The highest BCUT2D eigenvalue weighted by Crippen LogP contribution is 2.31. The number of halogens is 1. The third-order valence-electron chi connectivity index (χ3n) is 4.04. The Morgan fingerprint density at radius 2 is 1.86 bits per heavy atom. The van der Waals surface area contributed by atoms with Gasteiger partial charge in [-0.15, -0.1) is 10.2 Å². The summed E-state index contributed by atoms with van der Waals surface area (Å²) in [4.78, 5) is 12.0. The molecule has 6 nitrogen and oxygen atoms in total. The van der Waals surface area contributed by atoms with Crippen LogP contribution in [-0.4, -0.2) is 39.6 Å². The lowest BCUT2D eigenvalue weighted by Gasteiger charge is -2.13. The molecule has 0 bridgehead atoms. The average molecular weight is 461 g/mol. The summed E-state index contributed by atoms with van der Waals surface area (Å²) in [6, 6.07) is 15.7. The van der Waals surface area contributed by atoms with Crippen LogP contribution < -0.4 is 10.1 Å². The highest BCUT2D eigenvalue weighted by Gasteiger charge is 2.21. The number of hydrogen-bond acceptors (Lipinski definition) is 5. The summed E-state index contributed by atoms with van der Waals surface area (Å²) in [5.74, 6) is 1.46. The van der Waals surface area contributed by atoms with Crippen molar-refractivity contribution in [3.8, 4) is 22.8 Å². The fourth-order valence-corrected chi connectivity index (χ4v) is 3.83. The lowest BCUT2D eigenvalue weighted by atomic mass is 10.2. The monoisotopic (exact) mass is 460 g/mol. The van der Waals surface area contributed by atoms with Crippen molar-refractivity contribution in [1.29, 1.82) is 0 Å². The molecule has 0 saturated heterocycles. The van der Waals surface area contributed by atoms with E-state index < -0.39 is 0 Å². The van der Waals surface area contributed by atoms with Gasteiger partial charge in [-0.3, -0.25) is 9.36 Å². The van der Waals surface area contributed by atoms with Gasteiger partial charge in [0.1, 0.15) is 5.75 Å². The molecule has 1 heterocycles. The van der Waals surface area contributed by atoms with Crippen LogP contribution in [0.2, 0.25) is 0 Å². The Morgan fingerprint density at radius 3 is 2.46 bits per heavy atom. The molecule has 2 aromatic carbocycles. The molecule has 0 unspecified atom stereocenters. The van der Waals surface area contributed by atoms with E-state index in [4.69, 9.17) is 4.74 Å². The molecule has 1 aromatic heterocycles. The van der Waals surface area contributed by atoms with E-state index in [0.717, 1.165) is 21.5 Å². The van der Waals surface area contributed by atoms with Crippen molar-refractivity contribution in [3.63, 3.8) is 0 Å². The molecule has 3 rings (SSSR count). The van der Waals surface area contributed by atoms with Gasteiger partial charge in [0.2, 0.25) is 5.91 Å². The molecule has 1 atom stereocenters. The van der Waals surface area contributed by atoms with Crippen LogP contribution in [0, 0.1) is 0 Å². The van der Waals surface area contributed by atoms with Crippen molar-refractivity contribution < 1.29 is 9.53 Å². The van der Waals surface area contributed by atoms with Crippen molar-refractivity contribution in [3.05, 3.63) is 53.0 Å². The van der Waals surface area contributed by atoms with Crippen molar-refractivity contribution in [2.45, 2.75) is 24.3 Å². The van der Waals surface area contributed by atoms with E-state index in [0.29, 0.717) is 17.6 Å². The molecule has 0 spiro atoms. The number of rotatable bonds is 7. The van der Waals surface area contributed by atoms with Crippen LogP contribution in [0.15, 0.2) is 58.2 Å². The van der Waals surface area contributed by atoms with Crippen LogP contribution in [0.1, 0.15) is 13.8 Å². The highest BCUT2D eigenvalue weighted by molar-refractivity contribution is 9.10. The maximum atomic E-state index is 12.0. The molecule has 28 heavy (non-hydrogen) atoms. The third-order valence-corrected chi connectivity index (χ3v) is 5.61. The van der Waals surface area contributed by atoms with Crippen LogP contribution >= 0.6 is 27.7 Å². The lowest BCUT2D eigenvalue weighted by molar-refractivity contribution is -0.119. The van der Waals surface area contributed by atoms with Crippen molar-refractivity contribution in [2.75, 3.05) is 13.7 Å². The fraction of sp³-hybridized carbons (Fsp3) is 0.250. The van der Waals surface area contributed by atoms with Crippen molar-refractivity contribution in [2.24, 2.45) is 0 Å². The first-order valence-electron chi connectivity index (χ1n) is 8.86. The molecule has 8 heteroatoms. The first-order valence-corrected chi connectivity index (χ1v) is 10.5. The molecular formula is C20H21BrN4O2S. The minimum atomic E-state index is -0.298. The molecule has 0 aliphatic rings. The smallest absolute Gasteiger partial charge is 0.233 e. The number of aromatic nitrogens is 3. The van der Waals surface area contributed by atoms with E-state index >= 15 is 0 Å². The van der Waals surface area contributed by atoms with Gasteiger partial charge in [-0.2, -0.15) is 0 Å². The van der Waals surface area contributed by atoms with Gasteiger partial charge < -0.3 is 10.1 Å². The van der Waals surface area contributed by atoms with E-state index in [-0.39, 0.29) is 11.2 Å². The maximum Gasteiger partial charge on any atom is 0.233 e. The lowest BCUT2D eigenvalue weighted by Crippen LogP contribution is -2.27. The molecular weight excluding hydrogens is 440 g/mol. The number of nitrogens with zero attached hydrogens (tertiary/aromatic N) is 3. The number of benzene rings is 2. The number of nitrogens with one attached hydrogen (secondary N) is 1. The van der Waals surface area contributed by atoms with Crippen LogP contribution in [0.3, 0.4) is 0 Å². The number of thioether (sulfide) groups is 1. The van der Waals surface area contributed by atoms with E-state index in [9.17, 15) is 4.79 Å². The number of carbonyl (C=O) groups is 1. The molecule has 0 radical (unpaired) electrons. The third kappa shape index (κ3) is 4.56. The fourth-order valence-electron chi connectivity index (χ4n) is 2.64. The number of ether oxygens (including phenoxy) is 1. The highest BCUT2D eigenvalue weighted by atomic mass is 79.9. The first kappa shape index (κ1) is 20.4. The summed E-state index contributed by atoms with van der Waals surface area (Å²) >= 11 is 4.83. The van der Waals surface area contributed by atoms with Gasteiger partial charge in [0.25, 0.3) is 0 Å². The predicted molar refractivity (Wildman–Crippen MR) is 115 cm³/mol. The second-order valence-electron chi connectivity index (χ2n) is 5.95. The van der Waals surface area contributed by atoms with E-state index in [1.54, 1.807) is 7.05 Å². The quantitative estimate of drug-likeness (QED) is 0.531. The molecule has 0 aliphatic carbocycles. The summed E-state index contributed by atoms with van der Waals surface area (Å²) in [5, 5.41) is 11.8. The molecule has 1 amide bonds. The van der Waals surface area contributed by atoms with Crippen molar-refractivity contribution >= 4 is 33.6 Å². The largest absolute Gasteiger partial charge is 0.494 e. The van der Waals surface area contributed by atoms with Gasteiger partial charge in [-0.1, -0.05) is 39.8 Å². The summed E-state index contributed by atoms with van der Waals surface area (Å²) in [7, 11) is 1.63. The van der Waals surface area contributed by atoms with Gasteiger partial charge in [-0.25, -0.2) is 0 Å². The van der Waals surface area contributed by atoms with E-state index in [1.165, 1.54) is 11.8 Å². The summed E-state index contributed by atoms with van der Waals surface area (Å²) in [5.41, 5.74) is 1.84. The Bertz CT molecular complexity index is 942. The summed E-state index contributed by atoms with van der Waals surface area (Å²) < 4.78 is 8.50. The molecule has 0 aliphatic heterocycles. The summed E-state index contributed by atoms with van der Waals surface area (Å²) in [6.45, 7) is 4.41. The van der Waals surface area contributed by atoms with Gasteiger partial charge >= 0.3 is 0 Å². The molecule has 0 fully saturated rings. The molecule has 146 valence electrons. The SMILES string of the molecule is CCOc1ccc(-n2c(S[C@@H](C)C(=O)NC)nnc2-c2ccc(Br)cc2)cc1. The molecule has 0 saturated carbocycles.